The molecule has 0 saturated heterocycles. The van der Waals surface area contributed by atoms with Crippen LogP contribution in [0.3, 0.4) is 0 Å². The fourth-order valence-electron chi connectivity index (χ4n) is 2.45. The van der Waals surface area contributed by atoms with E-state index in [0.717, 1.165) is 11.1 Å². The summed E-state index contributed by atoms with van der Waals surface area (Å²) in [4.78, 5) is 5.19. The Bertz CT molecular complexity index is 748. The number of rotatable bonds is 3. The summed E-state index contributed by atoms with van der Waals surface area (Å²) in [5.74, 6) is -0.278. The Kier molecular flexibility index (Phi) is 3.06. The first-order valence-corrected chi connectivity index (χ1v) is 6.46. The van der Waals surface area contributed by atoms with E-state index in [-0.39, 0.29) is 5.82 Å². The summed E-state index contributed by atoms with van der Waals surface area (Å²) < 4.78 is 13.4. The van der Waals surface area contributed by atoms with E-state index in [2.05, 4.69) is 11.1 Å². The van der Waals surface area contributed by atoms with Crippen LogP contribution in [0, 0.1) is 5.82 Å². The molecule has 102 valence electrons. The van der Waals surface area contributed by atoms with Crippen LogP contribution in [0.1, 0.15) is 5.56 Å². The standard InChI is InChI=1S/C16H16FN3/c1-20(16-8-12(17)6-7-14(16)18)10-11-9-19-15-5-3-2-4-13(11)15/h2-9,19H,10,18H2,1H3. The zero-order valence-electron chi connectivity index (χ0n) is 11.2. The first kappa shape index (κ1) is 12.5. The van der Waals surface area contributed by atoms with Gasteiger partial charge in [-0.3, -0.25) is 0 Å². The topological polar surface area (TPSA) is 45.0 Å². The number of aromatic amines is 1. The van der Waals surface area contributed by atoms with Gasteiger partial charge in [0, 0.05) is 30.7 Å². The lowest BCUT2D eigenvalue weighted by atomic mass is 10.1. The Morgan fingerprint density at radius 2 is 2.00 bits per heavy atom. The monoisotopic (exact) mass is 269 g/mol. The van der Waals surface area contributed by atoms with Gasteiger partial charge in [0.05, 0.1) is 11.4 Å². The maximum atomic E-state index is 13.4. The van der Waals surface area contributed by atoms with Crippen LogP contribution in [0.25, 0.3) is 10.9 Å². The smallest absolute Gasteiger partial charge is 0.125 e. The Hall–Kier alpha value is -2.49. The van der Waals surface area contributed by atoms with Crippen molar-refractivity contribution < 1.29 is 4.39 Å². The number of hydrogen-bond donors (Lipinski definition) is 2. The highest BCUT2D eigenvalue weighted by atomic mass is 19.1. The lowest BCUT2D eigenvalue weighted by Crippen LogP contribution is -2.17. The van der Waals surface area contributed by atoms with Crippen molar-refractivity contribution >= 4 is 22.3 Å². The van der Waals surface area contributed by atoms with Crippen LogP contribution in [-0.4, -0.2) is 12.0 Å². The molecule has 3 aromatic rings. The number of nitrogen functional groups attached to an aromatic ring is 1. The van der Waals surface area contributed by atoms with Crippen molar-refractivity contribution in [2.75, 3.05) is 17.7 Å². The number of H-pyrrole nitrogens is 1. The van der Waals surface area contributed by atoms with Crippen LogP contribution < -0.4 is 10.6 Å². The van der Waals surface area contributed by atoms with Crippen molar-refractivity contribution in [3.05, 3.63) is 60.0 Å². The normalized spacial score (nSPS) is 10.9. The maximum Gasteiger partial charge on any atom is 0.125 e. The van der Waals surface area contributed by atoms with Crippen LogP contribution in [0.4, 0.5) is 15.8 Å². The minimum Gasteiger partial charge on any atom is -0.397 e. The number of hydrogen-bond acceptors (Lipinski definition) is 2. The highest BCUT2D eigenvalue weighted by Gasteiger charge is 2.10. The highest BCUT2D eigenvalue weighted by molar-refractivity contribution is 5.83. The van der Waals surface area contributed by atoms with Gasteiger partial charge in [-0.15, -0.1) is 0 Å². The van der Waals surface area contributed by atoms with Gasteiger partial charge in [-0.1, -0.05) is 18.2 Å². The highest BCUT2D eigenvalue weighted by Crippen LogP contribution is 2.26. The van der Waals surface area contributed by atoms with E-state index in [9.17, 15) is 4.39 Å². The molecule has 0 bridgehead atoms. The third kappa shape index (κ3) is 2.20. The number of nitrogens with zero attached hydrogens (tertiary/aromatic N) is 1. The molecule has 0 aliphatic rings. The molecule has 4 heteroatoms. The van der Waals surface area contributed by atoms with E-state index < -0.39 is 0 Å². The summed E-state index contributed by atoms with van der Waals surface area (Å²) in [6.07, 6.45) is 1.98. The van der Waals surface area contributed by atoms with E-state index in [1.807, 2.05) is 36.3 Å². The molecule has 0 aliphatic heterocycles. The second-order valence-corrected chi connectivity index (χ2v) is 4.92. The third-order valence-corrected chi connectivity index (χ3v) is 3.49. The van der Waals surface area contributed by atoms with Crippen LogP contribution in [-0.2, 0) is 6.54 Å². The second-order valence-electron chi connectivity index (χ2n) is 4.92. The minimum absolute atomic E-state index is 0.278. The molecule has 0 atom stereocenters. The molecular formula is C16H16FN3. The van der Waals surface area contributed by atoms with Gasteiger partial charge in [-0.2, -0.15) is 0 Å². The molecule has 3 rings (SSSR count). The van der Waals surface area contributed by atoms with Gasteiger partial charge in [0.2, 0.25) is 0 Å². The summed E-state index contributed by atoms with van der Waals surface area (Å²) in [6, 6.07) is 12.5. The molecule has 0 spiro atoms. The molecule has 0 fully saturated rings. The van der Waals surface area contributed by atoms with Crippen molar-refractivity contribution in [3.63, 3.8) is 0 Å². The van der Waals surface area contributed by atoms with Crippen molar-refractivity contribution in [1.29, 1.82) is 0 Å². The Morgan fingerprint density at radius 1 is 1.20 bits per heavy atom. The number of aromatic nitrogens is 1. The van der Waals surface area contributed by atoms with Gasteiger partial charge in [-0.25, -0.2) is 4.39 Å². The number of nitrogens with two attached hydrogens (primary N) is 1. The number of fused-ring (bicyclic) bond motifs is 1. The van der Waals surface area contributed by atoms with Crippen LogP contribution in [0.2, 0.25) is 0 Å². The predicted molar refractivity (Wildman–Crippen MR) is 81.2 cm³/mol. The quantitative estimate of drug-likeness (QED) is 0.714. The van der Waals surface area contributed by atoms with Crippen molar-refractivity contribution in [1.82, 2.24) is 4.98 Å². The van der Waals surface area contributed by atoms with Crippen molar-refractivity contribution in [2.45, 2.75) is 6.54 Å². The summed E-state index contributed by atoms with van der Waals surface area (Å²) in [6.45, 7) is 0.664. The zero-order chi connectivity index (χ0) is 14.1. The first-order valence-electron chi connectivity index (χ1n) is 6.46. The third-order valence-electron chi connectivity index (χ3n) is 3.49. The SMILES string of the molecule is CN(Cc1c[nH]c2ccccc12)c1cc(F)ccc1N. The molecule has 20 heavy (non-hydrogen) atoms. The Balaban J connectivity index is 1.92. The zero-order valence-corrected chi connectivity index (χ0v) is 11.2. The lowest BCUT2D eigenvalue weighted by Gasteiger charge is -2.20. The van der Waals surface area contributed by atoms with Crippen LogP contribution in [0.15, 0.2) is 48.7 Å². The molecule has 3 N–H and O–H groups in total. The number of nitrogens with one attached hydrogen (secondary N) is 1. The summed E-state index contributed by atoms with van der Waals surface area (Å²) in [5, 5.41) is 1.18. The lowest BCUT2D eigenvalue weighted by molar-refractivity contribution is 0.627. The molecule has 1 aromatic heterocycles. The summed E-state index contributed by atoms with van der Waals surface area (Å²) in [7, 11) is 1.91. The van der Waals surface area contributed by atoms with E-state index in [4.69, 9.17) is 5.73 Å². The Morgan fingerprint density at radius 3 is 2.85 bits per heavy atom. The predicted octanol–water partition coefficient (Wildman–Crippen LogP) is 3.53. The largest absolute Gasteiger partial charge is 0.397 e. The molecule has 0 unspecified atom stereocenters. The molecule has 3 nitrogen and oxygen atoms in total. The fourth-order valence-corrected chi connectivity index (χ4v) is 2.45. The molecular weight excluding hydrogens is 253 g/mol. The molecule has 2 aromatic carbocycles. The van der Waals surface area contributed by atoms with Crippen molar-refractivity contribution in [3.8, 4) is 0 Å². The van der Waals surface area contributed by atoms with Crippen molar-refractivity contribution in [2.24, 2.45) is 0 Å². The van der Waals surface area contributed by atoms with Gasteiger partial charge in [0.1, 0.15) is 5.82 Å². The number of para-hydroxylation sites is 1. The Labute approximate surface area is 116 Å². The molecule has 0 saturated carbocycles. The van der Waals surface area contributed by atoms with E-state index in [0.29, 0.717) is 17.9 Å². The summed E-state index contributed by atoms with van der Waals surface area (Å²) >= 11 is 0. The first-order chi connectivity index (χ1) is 9.65. The number of anilines is 2. The average Bonchev–Trinajstić information content (AvgIpc) is 2.85. The number of halogens is 1. The van der Waals surface area contributed by atoms with Gasteiger partial charge in [0.25, 0.3) is 0 Å². The second kappa shape index (κ2) is 4.89. The maximum absolute atomic E-state index is 13.4. The van der Waals surface area contributed by atoms with Gasteiger partial charge in [-0.05, 0) is 29.8 Å². The van der Waals surface area contributed by atoms with E-state index in [1.165, 1.54) is 17.5 Å². The molecule has 1 heterocycles. The van der Waals surface area contributed by atoms with Gasteiger partial charge in [0.15, 0.2) is 0 Å². The molecule has 0 aliphatic carbocycles. The number of benzene rings is 2. The van der Waals surface area contributed by atoms with Crippen LogP contribution in [0.5, 0.6) is 0 Å². The van der Waals surface area contributed by atoms with E-state index in [1.54, 1.807) is 6.07 Å². The van der Waals surface area contributed by atoms with Gasteiger partial charge < -0.3 is 15.6 Å². The summed E-state index contributed by atoms with van der Waals surface area (Å²) in [5.41, 5.74) is 9.46. The molecule has 0 amide bonds. The van der Waals surface area contributed by atoms with Gasteiger partial charge >= 0.3 is 0 Å². The van der Waals surface area contributed by atoms with E-state index >= 15 is 0 Å². The average molecular weight is 269 g/mol. The molecule has 0 radical (unpaired) electrons. The fraction of sp³-hybridized carbons (Fsp3) is 0.125. The van der Waals surface area contributed by atoms with Crippen LogP contribution >= 0.6 is 0 Å². The minimum atomic E-state index is -0.278.